The zero-order valence-electron chi connectivity index (χ0n) is 16.5. The van der Waals surface area contributed by atoms with Gasteiger partial charge in [0.1, 0.15) is 12.4 Å². The maximum absolute atomic E-state index is 12.6. The number of nitrogens with one attached hydrogen (secondary N) is 1. The van der Waals surface area contributed by atoms with E-state index in [0.717, 1.165) is 16.8 Å². The number of ether oxygens (including phenoxy) is 2. The summed E-state index contributed by atoms with van der Waals surface area (Å²) in [4.78, 5) is 12.6. The van der Waals surface area contributed by atoms with Gasteiger partial charge in [0.05, 0.1) is 30.9 Å². The molecule has 1 N–H and O–H groups in total. The molecule has 0 fully saturated rings. The lowest BCUT2D eigenvalue weighted by molar-refractivity contribution is 0.102. The highest BCUT2D eigenvalue weighted by Crippen LogP contribution is 2.30. The Morgan fingerprint density at radius 2 is 1.93 bits per heavy atom. The zero-order chi connectivity index (χ0) is 20.8. The first-order valence-electron chi connectivity index (χ1n) is 9.01. The van der Waals surface area contributed by atoms with Gasteiger partial charge in [-0.3, -0.25) is 4.79 Å². The first-order chi connectivity index (χ1) is 14.0. The van der Waals surface area contributed by atoms with Gasteiger partial charge in [-0.05, 0) is 49.7 Å². The van der Waals surface area contributed by atoms with E-state index < -0.39 is 0 Å². The number of hydrogen-bond acceptors (Lipinski definition) is 6. The minimum absolute atomic E-state index is 0.270. The number of methoxy groups -OCH3 is 1. The second kappa shape index (κ2) is 8.93. The van der Waals surface area contributed by atoms with E-state index in [2.05, 4.69) is 16.5 Å². The van der Waals surface area contributed by atoms with Crippen molar-refractivity contribution in [3.63, 3.8) is 0 Å². The smallest absolute Gasteiger partial charge is 0.255 e. The van der Waals surface area contributed by atoms with Crippen LogP contribution >= 0.6 is 0 Å². The molecule has 0 bridgehead atoms. The van der Waals surface area contributed by atoms with Gasteiger partial charge in [-0.25, -0.2) is 0 Å². The molecule has 0 atom stereocenters. The predicted molar refractivity (Wildman–Crippen MR) is 107 cm³/mol. The third kappa shape index (κ3) is 4.74. The molecule has 148 valence electrons. The van der Waals surface area contributed by atoms with Crippen molar-refractivity contribution < 1.29 is 18.8 Å². The van der Waals surface area contributed by atoms with Crippen LogP contribution in [0.1, 0.15) is 32.9 Å². The van der Waals surface area contributed by atoms with Crippen molar-refractivity contribution >= 4 is 11.6 Å². The summed E-state index contributed by atoms with van der Waals surface area (Å²) in [7, 11) is 1.52. The molecule has 0 aliphatic rings. The van der Waals surface area contributed by atoms with E-state index in [9.17, 15) is 4.79 Å². The van der Waals surface area contributed by atoms with E-state index >= 15 is 0 Å². The Hall–Kier alpha value is -3.79. The molecular weight excluding hydrogens is 370 g/mol. The van der Waals surface area contributed by atoms with Crippen molar-refractivity contribution in [1.82, 2.24) is 5.16 Å². The lowest BCUT2D eigenvalue weighted by Crippen LogP contribution is -2.12. The fraction of sp³-hybridized carbons (Fsp3) is 0.227. The van der Waals surface area contributed by atoms with E-state index in [-0.39, 0.29) is 12.5 Å². The molecule has 3 rings (SSSR count). The van der Waals surface area contributed by atoms with E-state index in [4.69, 9.17) is 19.3 Å². The summed E-state index contributed by atoms with van der Waals surface area (Å²) >= 11 is 0. The molecule has 7 nitrogen and oxygen atoms in total. The van der Waals surface area contributed by atoms with Crippen LogP contribution in [-0.4, -0.2) is 18.2 Å². The topological polar surface area (TPSA) is 97.4 Å². The van der Waals surface area contributed by atoms with Gasteiger partial charge in [-0.15, -0.1) is 0 Å². The first-order valence-corrected chi connectivity index (χ1v) is 9.01. The zero-order valence-corrected chi connectivity index (χ0v) is 16.5. The Bertz CT molecular complexity index is 1030. The first kappa shape index (κ1) is 20.0. The summed E-state index contributed by atoms with van der Waals surface area (Å²) in [5, 5.41) is 15.5. The molecule has 0 saturated carbocycles. The minimum Gasteiger partial charge on any atom is -0.493 e. The summed E-state index contributed by atoms with van der Waals surface area (Å²) in [6.45, 7) is 3.97. The second-order valence-electron chi connectivity index (χ2n) is 6.44. The second-order valence-corrected chi connectivity index (χ2v) is 6.44. The molecule has 1 aromatic heterocycles. The van der Waals surface area contributed by atoms with Crippen molar-refractivity contribution in [1.29, 1.82) is 5.26 Å². The number of anilines is 1. The third-order valence-electron chi connectivity index (χ3n) is 4.47. The third-order valence-corrected chi connectivity index (χ3v) is 4.47. The molecule has 0 saturated heterocycles. The molecule has 1 amide bonds. The van der Waals surface area contributed by atoms with Crippen LogP contribution in [0.15, 0.2) is 47.0 Å². The van der Waals surface area contributed by atoms with Crippen LogP contribution in [0.5, 0.6) is 11.5 Å². The number of nitrogens with zero attached hydrogens (tertiary/aromatic N) is 2. The minimum atomic E-state index is -0.270. The van der Waals surface area contributed by atoms with Crippen LogP contribution < -0.4 is 14.8 Å². The van der Waals surface area contributed by atoms with Gasteiger partial charge in [0.25, 0.3) is 5.91 Å². The highest BCUT2D eigenvalue weighted by Gasteiger charge is 2.14. The van der Waals surface area contributed by atoms with Crippen molar-refractivity contribution in [3.8, 4) is 17.6 Å². The average molecular weight is 391 g/mol. The number of nitriles is 1. The molecule has 0 aliphatic carbocycles. The molecule has 0 aliphatic heterocycles. The Labute approximate surface area is 168 Å². The van der Waals surface area contributed by atoms with Gasteiger partial charge < -0.3 is 19.3 Å². The quantitative estimate of drug-likeness (QED) is 0.648. The van der Waals surface area contributed by atoms with E-state index in [0.29, 0.717) is 34.9 Å². The number of hydrogen-bond donors (Lipinski definition) is 1. The summed E-state index contributed by atoms with van der Waals surface area (Å²) in [6.07, 6.45) is 0.334. The Balaban J connectivity index is 1.70. The lowest BCUT2D eigenvalue weighted by atomic mass is 10.1. The van der Waals surface area contributed by atoms with Crippen molar-refractivity contribution in [2.75, 3.05) is 12.4 Å². The van der Waals surface area contributed by atoms with Crippen LogP contribution in [0.25, 0.3) is 0 Å². The normalized spacial score (nSPS) is 10.3. The molecule has 3 aromatic rings. The summed E-state index contributed by atoms with van der Waals surface area (Å²) in [6, 6.07) is 14.2. The van der Waals surface area contributed by atoms with Crippen LogP contribution in [-0.2, 0) is 13.0 Å². The highest BCUT2D eigenvalue weighted by atomic mass is 16.5. The van der Waals surface area contributed by atoms with E-state index in [1.54, 1.807) is 30.3 Å². The number of aromatic nitrogens is 1. The number of rotatable bonds is 7. The SMILES string of the molecule is COc1cc(C(=O)Nc2ccc(CC#N)cc2)ccc1OCc1c(C)noc1C. The van der Waals surface area contributed by atoms with Gasteiger partial charge in [-0.2, -0.15) is 5.26 Å². The molecule has 7 heteroatoms. The highest BCUT2D eigenvalue weighted by molar-refractivity contribution is 6.04. The number of carbonyl (C=O) groups excluding carboxylic acids is 1. The van der Waals surface area contributed by atoms with Gasteiger partial charge >= 0.3 is 0 Å². The number of benzene rings is 2. The van der Waals surface area contributed by atoms with E-state index in [1.807, 2.05) is 26.0 Å². The fourth-order valence-corrected chi connectivity index (χ4v) is 2.79. The molecule has 2 aromatic carbocycles. The lowest BCUT2D eigenvalue weighted by Gasteiger charge is -2.12. The Morgan fingerprint density at radius 1 is 1.17 bits per heavy atom. The number of carbonyl (C=O) groups is 1. The van der Waals surface area contributed by atoms with E-state index in [1.165, 1.54) is 7.11 Å². The number of amides is 1. The molecule has 1 heterocycles. The maximum atomic E-state index is 12.6. The summed E-state index contributed by atoms with van der Waals surface area (Å²) in [5.41, 5.74) is 3.64. The van der Waals surface area contributed by atoms with Gasteiger partial charge in [-0.1, -0.05) is 17.3 Å². The Kier molecular flexibility index (Phi) is 6.15. The largest absolute Gasteiger partial charge is 0.493 e. The molecule has 0 unspecified atom stereocenters. The molecule has 29 heavy (non-hydrogen) atoms. The van der Waals surface area contributed by atoms with Crippen LogP contribution in [0.4, 0.5) is 5.69 Å². The predicted octanol–water partition coefficient (Wildman–Crippen LogP) is 4.20. The molecule has 0 spiro atoms. The van der Waals surface area contributed by atoms with Crippen LogP contribution in [0.3, 0.4) is 0 Å². The maximum Gasteiger partial charge on any atom is 0.255 e. The average Bonchev–Trinajstić information content (AvgIpc) is 3.05. The van der Waals surface area contributed by atoms with Crippen LogP contribution in [0.2, 0.25) is 0 Å². The molecule has 0 radical (unpaired) electrons. The van der Waals surface area contributed by atoms with Gasteiger partial charge in [0, 0.05) is 11.3 Å². The van der Waals surface area contributed by atoms with Crippen molar-refractivity contribution in [2.45, 2.75) is 26.9 Å². The molecular formula is C22H21N3O4. The summed E-state index contributed by atoms with van der Waals surface area (Å²) < 4.78 is 16.4. The van der Waals surface area contributed by atoms with Gasteiger partial charge in [0.2, 0.25) is 0 Å². The Morgan fingerprint density at radius 3 is 2.55 bits per heavy atom. The number of aryl methyl sites for hydroxylation is 2. The van der Waals surface area contributed by atoms with Gasteiger partial charge in [0.15, 0.2) is 11.5 Å². The standard InChI is InChI=1S/C22H21N3O4/c1-14-19(15(2)29-25-14)13-28-20-9-6-17(12-21(20)27-3)22(26)24-18-7-4-16(5-8-18)10-11-23/h4-9,12H,10,13H2,1-3H3,(H,24,26). The summed E-state index contributed by atoms with van der Waals surface area (Å²) in [5.74, 6) is 1.41. The van der Waals surface area contributed by atoms with Crippen molar-refractivity contribution in [2.24, 2.45) is 0 Å². The monoisotopic (exact) mass is 391 g/mol. The fourth-order valence-electron chi connectivity index (χ4n) is 2.79. The van der Waals surface area contributed by atoms with Crippen LogP contribution in [0, 0.1) is 25.2 Å². The van der Waals surface area contributed by atoms with Crippen molar-refractivity contribution in [3.05, 3.63) is 70.6 Å².